The van der Waals surface area contributed by atoms with Crippen LogP contribution >= 0.6 is 22.6 Å². The first-order valence-electron chi connectivity index (χ1n) is 6.24. The van der Waals surface area contributed by atoms with Gasteiger partial charge in [-0.15, -0.1) is 0 Å². The van der Waals surface area contributed by atoms with Gasteiger partial charge in [0, 0.05) is 3.57 Å². The molecule has 0 saturated heterocycles. The molecule has 0 fully saturated rings. The molecule has 0 aliphatic rings. The Kier molecular flexibility index (Phi) is 7.08. The van der Waals surface area contributed by atoms with Gasteiger partial charge < -0.3 is 10.1 Å². The molecule has 1 rings (SSSR count). The number of rotatable bonds is 7. The Labute approximate surface area is 118 Å². The van der Waals surface area contributed by atoms with Gasteiger partial charge in [-0.1, -0.05) is 19.1 Å². The van der Waals surface area contributed by atoms with Crippen molar-refractivity contribution < 1.29 is 4.74 Å². The van der Waals surface area contributed by atoms with E-state index in [-0.39, 0.29) is 6.10 Å². The highest BCUT2D eigenvalue weighted by atomic mass is 127. The van der Waals surface area contributed by atoms with Gasteiger partial charge >= 0.3 is 0 Å². The second-order valence-corrected chi connectivity index (χ2v) is 5.69. The summed E-state index contributed by atoms with van der Waals surface area (Å²) >= 11 is 2.35. The molecule has 0 spiro atoms. The fourth-order valence-electron chi connectivity index (χ4n) is 1.60. The third-order valence-electron chi connectivity index (χ3n) is 2.49. The summed E-state index contributed by atoms with van der Waals surface area (Å²) in [5, 5.41) is 3.54. The van der Waals surface area contributed by atoms with E-state index in [0.717, 1.165) is 19.6 Å². The van der Waals surface area contributed by atoms with Crippen LogP contribution in [0.1, 0.15) is 38.8 Å². The quantitative estimate of drug-likeness (QED) is 0.759. The molecule has 0 radical (unpaired) electrons. The number of nitrogens with one attached hydrogen (secondary N) is 1. The summed E-state index contributed by atoms with van der Waals surface area (Å²) in [7, 11) is 0. The minimum atomic E-state index is 0.281. The van der Waals surface area contributed by atoms with Crippen molar-refractivity contribution in [2.24, 2.45) is 0 Å². The zero-order chi connectivity index (χ0) is 12.7. The number of benzene rings is 1. The zero-order valence-corrected chi connectivity index (χ0v) is 13.0. The van der Waals surface area contributed by atoms with E-state index in [1.165, 1.54) is 9.13 Å². The molecule has 2 nitrogen and oxygen atoms in total. The highest BCUT2D eigenvalue weighted by Crippen LogP contribution is 2.17. The summed E-state index contributed by atoms with van der Waals surface area (Å²) in [6.07, 6.45) is 1.42. The molecule has 1 unspecified atom stereocenters. The van der Waals surface area contributed by atoms with Crippen LogP contribution < -0.4 is 5.32 Å². The molecular formula is C14H22INO. The second-order valence-electron chi connectivity index (χ2n) is 4.44. The smallest absolute Gasteiger partial charge is 0.0664 e. The van der Waals surface area contributed by atoms with E-state index < -0.39 is 0 Å². The topological polar surface area (TPSA) is 21.3 Å². The summed E-state index contributed by atoms with van der Waals surface area (Å²) in [5.74, 6) is 0. The fraction of sp³-hybridized carbons (Fsp3) is 0.571. The fourth-order valence-corrected chi connectivity index (χ4v) is 2.17. The Morgan fingerprint density at radius 2 is 2.12 bits per heavy atom. The lowest BCUT2D eigenvalue weighted by Gasteiger charge is -2.20. The van der Waals surface area contributed by atoms with Crippen LogP contribution in [0.5, 0.6) is 0 Å². The van der Waals surface area contributed by atoms with Gasteiger partial charge in [0.05, 0.1) is 18.8 Å². The maximum absolute atomic E-state index is 5.73. The minimum Gasteiger partial charge on any atom is -0.377 e. The van der Waals surface area contributed by atoms with E-state index in [9.17, 15) is 0 Å². The Balaban J connectivity index is 2.67. The van der Waals surface area contributed by atoms with E-state index in [2.05, 4.69) is 72.9 Å². The van der Waals surface area contributed by atoms with Crippen LogP contribution in [0.25, 0.3) is 0 Å². The summed E-state index contributed by atoms with van der Waals surface area (Å²) in [6, 6.07) is 8.90. The first-order chi connectivity index (χ1) is 8.13. The van der Waals surface area contributed by atoms with Crippen molar-refractivity contribution in [2.75, 3.05) is 13.2 Å². The zero-order valence-electron chi connectivity index (χ0n) is 10.9. The summed E-state index contributed by atoms with van der Waals surface area (Å²) in [5.41, 5.74) is 1.31. The van der Waals surface area contributed by atoms with Crippen molar-refractivity contribution in [1.82, 2.24) is 5.32 Å². The van der Waals surface area contributed by atoms with Crippen LogP contribution in [0.3, 0.4) is 0 Å². The van der Waals surface area contributed by atoms with Gasteiger partial charge in [0.1, 0.15) is 0 Å². The monoisotopic (exact) mass is 347 g/mol. The lowest BCUT2D eigenvalue weighted by molar-refractivity contribution is 0.0611. The maximum atomic E-state index is 5.73. The number of hydrogen-bond acceptors (Lipinski definition) is 2. The van der Waals surface area contributed by atoms with Crippen molar-refractivity contribution in [3.05, 3.63) is 33.4 Å². The molecule has 1 atom stereocenters. The van der Waals surface area contributed by atoms with Gasteiger partial charge in [-0.05, 0) is 67.1 Å². The molecular weight excluding hydrogens is 325 g/mol. The summed E-state index contributed by atoms with van der Waals surface area (Å²) in [6.45, 7) is 8.09. The van der Waals surface area contributed by atoms with E-state index in [1.807, 2.05) is 0 Å². The SMILES string of the molecule is CCCNC(COC(C)C)c1cccc(I)c1. The Bertz CT molecular complexity index is 328. The number of ether oxygens (including phenoxy) is 1. The normalized spacial score (nSPS) is 13.0. The summed E-state index contributed by atoms with van der Waals surface area (Å²) in [4.78, 5) is 0. The maximum Gasteiger partial charge on any atom is 0.0664 e. The first kappa shape index (κ1) is 14.9. The molecule has 0 amide bonds. The highest BCUT2D eigenvalue weighted by molar-refractivity contribution is 14.1. The molecule has 1 N–H and O–H groups in total. The molecule has 0 saturated carbocycles. The van der Waals surface area contributed by atoms with Gasteiger partial charge in [-0.25, -0.2) is 0 Å². The average molecular weight is 347 g/mol. The molecule has 0 bridgehead atoms. The van der Waals surface area contributed by atoms with Crippen molar-refractivity contribution in [3.63, 3.8) is 0 Å². The van der Waals surface area contributed by atoms with Gasteiger partial charge in [-0.3, -0.25) is 0 Å². The average Bonchev–Trinajstić information content (AvgIpc) is 2.29. The van der Waals surface area contributed by atoms with Crippen LogP contribution in [-0.2, 0) is 4.74 Å². The Morgan fingerprint density at radius 1 is 1.35 bits per heavy atom. The molecule has 1 aromatic carbocycles. The first-order valence-corrected chi connectivity index (χ1v) is 7.31. The lowest BCUT2D eigenvalue weighted by atomic mass is 10.1. The number of hydrogen-bond donors (Lipinski definition) is 1. The van der Waals surface area contributed by atoms with Crippen LogP contribution in [0.15, 0.2) is 24.3 Å². The van der Waals surface area contributed by atoms with Crippen LogP contribution in [-0.4, -0.2) is 19.3 Å². The molecule has 3 heteroatoms. The van der Waals surface area contributed by atoms with E-state index in [1.54, 1.807) is 0 Å². The molecule has 0 heterocycles. The highest BCUT2D eigenvalue weighted by Gasteiger charge is 2.11. The third-order valence-corrected chi connectivity index (χ3v) is 3.16. The molecule has 17 heavy (non-hydrogen) atoms. The predicted octanol–water partition coefficient (Wildman–Crippen LogP) is 3.76. The largest absolute Gasteiger partial charge is 0.377 e. The molecule has 1 aromatic rings. The molecule has 0 aromatic heterocycles. The van der Waals surface area contributed by atoms with Crippen molar-refractivity contribution in [2.45, 2.75) is 39.3 Å². The van der Waals surface area contributed by atoms with Crippen LogP contribution in [0, 0.1) is 3.57 Å². The van der Waals surface area contributed by atoms with Gasteiger partial charge in [0.15, 0.2) is 0 Å². The second kappa shape index (κ2) is 8.06. The van der Waals surface area contributed by atoms with Crippen LogP contribution in [0.2, 0.25) is 0 Å². The summed E-state index contributed by atoms with van der Waals surface area (Å²) < 4.78 is 7.00. The van der Waals surface area contributed by atoms with Gasteiger partial charge in [0.2, 0.25) is 0 Å². The predicted molar refractivity (Wildman–Crippen MR) is 81.3 cm³/mol. The molecule has 96 valence electrons. The molecule has 0 aliphatic heterocycles. The standard InChI is InChI=1S/C14H22INO/c1-4-8-16-14(10-17-11(2)3)12-6-5-7-13(15)9-12/h5-7,9,11,14,16H,4,8,10H2,1-3H3. The van der Waals surface area contributed by atoms with Gasteiger partial charge in [-0.2, -0.15) is 0 Å². The van der Waals surface area contributed by atoms with Crippen molar-refractivity contribution in [3.8, 4) is 0 Å². The minimum absolute atomic E-state index is 0.281. The van der Waals surface area contributed by atoms with Crippen molar-refractivity contribution in [1.29, 1.82) is 0 Å². The van der Waals surface area contributed by atoms with E-state index in [4.69, 9.17) is 4.74 Å². The number of halogens is 1. The van der Waals surface area contributed by atoms with Crippen LogP contribution in [0.4, 0.5) is 0 Å². The Morgan fingerprint density at radius 3 is 2.71 bits per heavy atom. The molecule has 0 aliphatic carbocycles. The third kappa shape index (κ3) is 5.84. The lowest BCUT2D eigenvalue weighted by Crippen LogP contribution is -2.27. The van der Waals surface area contributed by atoms with Gasteiger partial charge in [0.25, 0.3) is 0 Å². The van der Waals surface area contributed by atoms with E-state index in [0.29, 0.717) is 6.04 Å². The Hall–Kier alpha value is -0.130. The van der Waals surface area contributed by atoms with Crippen molar-refractivity contribution >= 4 is 22.6 Å². The van der Waals surface area contributed by atoms with E-state index >= 15 is 0 Å².